The average molecular weight is 408 g/mol. The maximum absolute atomic E-state index is 13.0. The molecule has 1 aliphatic heterocycles. The number of aliphatic hydroxyl groups is 1. The summed E-state index contributed by atoms with van der Waals surface area (Å²) in [7, 11) is 0. The molecule has 1 aliphatic rings. The van der Waals surface area contributed by atoms with Gasteiger partial charge < -0.3 is 15.2 Å². The largest absolute Gasteiger partial charge is 0.442 e. The van der Waals surface area contributed by atoms with Crippen LogP contribution in [0.3, 0.4) is 0 Å². The maximum Gasteiger partial charge on any atom is 0.414 e. The van der Waals surface area contributed by atoms with Gasteiger partial charge in [0.1, 0.15) is 17.4 Å². The molecule has 0 radical (unpaired) electrons. The number of carbonyl (C=O) groups is 3. The number of cyclic esters (lactones) is 1. The SMILES string of the molecule is CC(=O)NC[C@H]1CN(c2ccc(C(=O)c3cnc4ccc(CO)cn34)cc2)C(=O)O1. The number of nitrogens with zero attached hydrogens (tertiary/aromatic N) is 3. The summed E-state index contributed by atoms with van der Waals surface area (Å²) in [5.74, 6) is -0.414. The van der Waals surface area contributed by atoms with Crippen LogP contribution in [0.15, 0.2) is 48.8 Å². The summed E-state index contributed by atoms with van der Waals surface area (Å²) in [6, 6.07) is 10.1. The predicted molar refractivity (Wildman–Crippen MR) is 107 cm³/mol. The number of anilines is 1. The number of aliphatic hydroxyl groups excluding tert-OH is 1. The van der Waals surface area contributed by atoms with E-state index in [9.17, 15) is 19.5 Å². The number of ether oxygens (including phenoxy) is 1. The molecule has 1 aromatic carbocycles. The predicted octanol–water partition coefficient (Wildman–Crippen LogP) is 1.52. The number of nitrogens with one attached hydrogen (secondary N) is 1. The van der Waals surface area contributed by atoms with Gasteiger partial charge in [-0.1, -0.05) is 6.07 Å². The fraction of sp³-hybridized carbons (Fsp3) is 0.238. The standard InChI is InChI=1S/C21H20N4O5/c1-13(27)22-8-17-11-24(21(29)30-17)16-5-3-15(4-6-16)20(28)18-9-23-19-7-2-14(12-26)10-25(18)19/h2-7,9-10,17,26H,8,11-12H2,1H3,(H,22,27)/t17-/m0/s1. The van der Waals surface area contributed by atoms with Gasteiger partial charge >= 0.3 is 6.09 Å². The Hall–Kier alpha value is -3.72. The van der Waals surface area contributed by atoms with Crippen LogP contribution in [0.4, 0.5) is 10.5 Å². The molecule has 154 valence electrons. The first-order chi connectivity index (χ1) is 14.5. The van der Waals surface area contributed by atoms with Crippen LogP contribution in [0.25, 0.3) is 5.65 Å². The normalized spacial score (nSPS) is 16.0. The minimum atomic E-state index is -0.497. The van der Waals surface area contributed by atoms with Crippen molar-refractivity contribution in [2.45, 2.75) is 19.6 Å². The van der Waals surface area contributed by atoms with Crippen LogP contribution in [0.5, 0.6) is 0 Å². The number of aromatic nitrogens is 2. The molecule has 3 aromatic rings. The van der Waals surface area contributed by atoms with Gasteiger partial charge in [-0.25, -0.2) is 9.78 Å². The quantitative estimate of drug-likeness (QED) is 0.598. The van der Waals surface area contributed by atoms with Crippen molar-refractivity contribution in [2.24, 2.45) is 0 Å². The third-order valence-corrected chi connectivity index (χ3v) is 4.88. The van der Waals surface area contributed by atoms with E-state index in [0.29, 0.717) is 34.7 Å². The minimum absolute atomic E-state index is 0.134. The number of pyridine rings is 1. The molecule has 0 saturated carbocycles. The van der Waals surface area contributed by atoms with Crippen LogP contribution in [-0.2, 0) is 16.1 Å². The highest BCUT2D eigenvalue weighted by Gasteiger charge is 2.32. The molecule has 9 nitrogen and oxygen atoms in total. The molecule has 0 unspecified atom stereocenters. The molecule has 2 amide bonds. The van der Waals surface area contributed by atoms with Crippen LogP contribution >= 0.6 is 0 Å². The summed E-state index contributed by atoms with van der Waals surface area (Å²) in [6.45, 7) is 1.83. The number of hydrogen-bond acceptors (Lipinski definition) is 6. The van der Waals surface area contributed by atoms with Crippen LogP contribution in [0.1, 0.15) is 28.5 Å². The summed E-state index contributed by atoms with van der Waals surface area (Å²) < 4.78 is 6.90. The number of carbonyl (C=O) groups excluding carboxylic acids is 3. The summed E-state index contributed by atoms with van der Waals surface area (Å²) in [4.78, 5) is 41.8. The van der Waals surface area contributed by atoms with E-state index in [-0.39, 0.29) is 24.8 Å². The number of imidazole rings is 1. The smallest absolute Gasteiger partial charge is 0.414 e. The zero-order valence-corrected chi connectivity index (χ0v) is 16.2. The molecule has 9 heteroatoms. The Kier molecular flexibility index (Phi) is 5.20. The van der Waals surface area contributed by atoms with Gasteiger partial charge in [0.05, 0.1) is 25.9 Å². The molecule has 1 atom stereocenters. The van der Waals surface area contributed by atoms with Gasteiger partial charge in [-0.2, -0.15) is 0 Å². The van der Waals surface area contributed by atoms with Crippen molar-refractivity contribution in [3.05, 3.63) is 65.6 Å². The second-order valence-electron chi connectivity index (χ2n) is 7.00. The Balaban J connectivity index is 1.52. The van der Waals surface area contributed by atoms with Gasteiger partial charge in [-0.15, -0.1) is 0 Å². The van der Waals surface area contributed by atoms with E-state index in [1.54, 1.807) is 47.0 Å². The van der Waals surface area contributed by atoms with Gasteiger partial charge in [0.25, 0.3) is 0 Å². The molecule has 0 aliphatic carbocycles. The van der Waals surface area contributed by atoms with Gasteiger partial charge in [0.15, 0.2) is 0 Å². The molecule has 3 heterocycles. The number of benzene rings is 1. The second kappa shape index (κ2) is 7.96. The summed E-state index contributed by atoms with van der Waals surface area (Å²) in [5, 5.41) is 12.0. The lowest BCUT2D eigenvalue weighted by molar-refractivity contribution is -0.119. The lowest BCUT2D eigenvalue weighted by atomic mass is 10.1. The Morgan fingerprint density at radius 2 is 2.00 bits per heavy atom. The first kappa shape index (κ1) is 19.6. The summed E-state index contributed by atoms with van der Waals surface area (Å²) >= 11 is 0. The fourth-order valence-electron chi connectivity index (χ4n) is 3.32. The Labute approximate surface area is 171 Å². The number of amides is 2. The van der Waals surface area contributed by atoms with Crippen molar-refractivity contribution in [1.82, 2.24) is 14.7 Å². The number of rotatable bonds is 6. The molecular weight excluding hydrogens is 388 g/mol. The van der Waals surface area contributed by atoms with E-state index in [2.05, 4.69) is 10.3 Å². The monoisotopic (exact) mass is 408 g/mol. The Bertz CT molecular complexity index is 1120. The van der Waals surface area contributed by atoms with E-state index in [1.165, 1.54) is 18.0 Å². The summed E-state index contributed by atoms with van der Waals surface area (Å²) in [6.07, 6.45) is 2.25. The highest BCUT2D eigenvalue weighted by atomic mass is 16.6. The van der Waals surface area contributed by atoms with Crippen LogP contribution < -0.4 is 10.2 Å². The van der Waals surface area contributed by atoms with Gasteiger partial charge in [0, 0.05) is 24.4 Å². The van der Waals surface area contributed by atoms with Crippen molar-refractivity contribution in [3.8, 4) is 0 Å². The lowest BCUT2D eigenvalue weighted by Gasteiger charge is -2.13. The van der Waals surface area contributed by atoms with Gasteiger partial charge in [-0.05, 0) is 35.9 Å². The first-order valence-electron chi connectivity index (χ1n) is 9.40. The molecule has 1 fully saturated rings. The molecule has 0 spiro atoms. The van der Waals surface area contributed by atoms with E-state index >= 15 is 0 Å². The van der Waals surface area contributed by atoms with Crippen LogP contribution in [0.2, 0.25) is 0 Å². The van der Waals surface area contributed by atoms with E-state index < -0.39 is 12.2 Å². The molecule has 0 bridgehead atoms. The molecule has 4 rings (SSSR count). The first-order valence-corrected chi connectivity index (χ1v) is 9.40. The average Bonchev–Trinajstić information content (AvgIpc) is 3.34. The zero-order valence-electron chi connectivity index (χ0n) is 16.2. The van der Waals surface area contributed by atoms with Crippen LogP contribution in [0, 0.1) is 0 Å². The van der Waals surface area contributed by atoms with Crippen molar-refractivity contribution >= 4 is 29.1 Å². The highest BCUT2D eigenvalue weighted by Crippen LogP contribution is 2.23. The molecule has 1 saturated heterocycles. The van der Waals surface area contributed by atoms with E-state index in [0.717, 1.165) is 0 Å². The van der Waals surface area contributed by atoms with Crippen molar-refractivity contribution in [1.29, 1.82) is 0 Å². The van der Waals surface area contributed by atoms with Crippen molar-refractivity contribution in [3.63, 3.8) is 0 Å². The second-order valence-corrected chi connectivity index (χ2v) is 7.00. The minimum Gasteiger partial charge on any atom is -0.442 e. The van der Waals surface area contributed by atoms with Gasteiger partial charge in [-0.3, -0.25) is 18.9 Å². The summed E-state index contributed by atoms with van der Waals surface area (Å²) in [5.41, 5.74) is 2.70. The van der Waals surface area contributed by atoms with Crippen LogP contribution in [-0.4, -0.2) is 51.5 Å². The number of hydrogen-bond donors (Lipinski definition) is 2. The maximum atomic E-state index is 13.0. The van der Waals surface area contributed by atoms with E-state index in [4.69, 9.17) is 4.74 Å². The topological polar surface area (TPSA) is 113 Å². The van der Waals surface area contributed by atoms with Crippen molar-refractivity contribution in [2.75, 3.05) is 18.0 Å². The number of ketones is 1. The van der Waals surface area contributed by atoms with Gasteiger partial charge in [0.2, 0.25) is 11.7 Å². The molecular formula is C21H20N4O5. The Morgan fingerprint density at radius 1 is 1.23 bits per heavy atom. The zero-order chi connectivity index (χ0) is 21.3. The number of fused-ring (bicyclic) bond motifs is 1. The molecule has 2 aromatic heterocycles. The fourth-order valence-corrected chi connectivity index (χ4v) is 3.32. The Morgan fingerprint density at radius 3 is 2.70 bits per heavy atom. The highest BCUT2D eigenvalue weighted by molar-refractivity contribution is 6.08. The van der Waals surface area contributed by atoms with E-state index in [1.807, 2.05) is 0 Å². The third kappa shape index (κ3) is 3.74. The molecule has 30 heavy (non-hydrogen) atoms. The third-order valence-electron chi connectivity index (χ3n) is 4.88. The lowest BCUT2D eigenvalue weighted by Crippen LogP contribution is -2.33. The molecule has 2 N–H and O–H groups in total. The van der Waals surface area contributed by atoms with Crippen molar-refractivity contribution < 1.29 is 24.2 Å².